The van der Waals surface area contributed by atoms with Crippen molar-refractivity contribution in [3.05, 3.63) is 24.7 Å². The van der Waals surface area contributed by atoms with Crippen LogP contribution in [0.5, 0.6) is 0 Å². The highest BCUT2D eigenvalue weighted by atomic mass is 16.4. The van der Waals surface area contributed by atoms with Gasteiger partial charge in [0.05, 0.1) is 11.6 Å². The van der Waals surface area contributed by atoms with Crippen LogP contribution in [0, 0.1) is 5.41 Å². The van der Waals surface area contributed by atoms with Gasteiger partial charge in [-0.1, -0.05) is 13.3 Å². The van der Waals surface area contributed by atoms with Gasteiger partial charge in [0, 0.05) is 25.5 Å². The molecule has 1 aliphatic heterocycles. The largest absolute Gasteiger partial charge is 0.481 e. The SMILES string of the molecule is CCCC1(C(=O)O)CCCN(c2nccn3nccc23)C1. The third-order valence-electron chi connectivity index (χ3n) is 4.36. The quantitative estimate of drug-likeness (QED) is 0.934. The minimum atomic E-state index is -0.686. The van der Waals surface area contributed by atoms with E-state index < -0.39 is 11.4 Å². The molecule has 6 heteroatoms. The highest BCUT2D eigenvalue weighted by Gasteiger charge is 2.42. The monoisotopic (exact) mass is 288 g/mol. The first-order valence-electron chi connectivity index (χ1n) is 7.43. The molecule has 0 amide bonds. The van der Waals surface area contributed by atoms with E-state index in [1.165, 1.54) is 0 Å². The molecule has 6 nitrogen and oxygen atoms in total. The predicted molar refractivity (Wildman–Crippen MR) is 79.4 cm³/mol. The number of anilines is 1. The van der Waals surface area contributed by atoms with E-state index in [2.05, 4.69) is 15.0 Å². The molecular weight excluding hydrogens is 268 g/mol. The summed E-state index contributed by atoms with van der Waals surface area (Å²) in [7, 11) is 0. The summed E-state index contributed by atoms with van der Waals surface area (Å²) in [6.07, 6.45) is 8.47. The van der Waals surface area contributed by atoms with E-state index in [0.717, 1.165) is 37.1 Å². The van der Waals surface area contributed by atoms with Crippen molar-refractivity contribution < 1.29 is 9.90 Å². The Balaban J connectivity index is 1.95. The van der Waals surface area contributed by atoms with Crippen LogP contribution in [-0.4, -0.2) is 38.8 Å². The average molecular weight is 288 g/mol. The van der Waals surface area contributed by atoms with E-state index in [1.54, 1.807) is 23.1 Å². The van der Waals surface area contributed by atoms with Crippen molar-refractivity contribution >= 4 is 17.3 Å². The zero-order chi connectivity index (χ0) is 14.9. The van der Waals surface area contributed by atoms with E-state index >= 15 is 0 Å². The van der Waals surface area contributed by atoms with Gasteiger partial charge in [-0.05, 0) is 25.3 Å². The number of carbonyl (C=O) groups is 1. The van der Waals surface area contributed by atoms with Gasteiger partial charge >= 0.3 is 5.97 Å². The maximum Gasteiger partial charge on any atom is 0.311 e. The van der Waals surface area contributed by atoms with E-state index in [0.29, 0.717) is 13.0 Å². The number of aromatic nitrogens is 3. The van der Waals surface area contributed by atoms with Crippen LogP contribution < -0.4 is 4.90 Å². The van der Waals surface area contributed by atoms with Gasteiger partial charge in [0.25, 0.3) is 0 Å². The number of fused-ring (bicyclic) bond motifs is 1. The number of nitrogens with zero attached hydrogens (tertiary/aromatic N) is 4. The van der Waals surface area contributed by atoms with Crippen molar-refractivity contribution in [3.63, 3.8) is 0 Å². The number of piperidine rings is 1. The van der Waals surface area contributed by atoms with Crippen molar-refractivity contribution in [2.24, 2.45) is 5.41 Å². The molecule has 0 bridgehead atoms. The lowest BCUT2D eigenvalue weighted by molar-refractivity contribution is -0.150. The topological polar surface area (TPSA) is 70.7 Å². The fourth-order valence-corrected chi connectivity index (χ4v) is 3.36. The fraction of sp³-hybridized carbons (Fsp3) is 0.533. The third kappa shape index (κ3) is 2.34. The lowest BCUT2D eigenvalue weighted by Crippen LogP contribution is -2.48. The number of hydrogen-bond donors (Lipinski definition) is 1. The van der Waals surface area contributed by atoms with Crippen LogP contribution in [0.4, 0.5) is 5.82 Å². The zero-order valence-electron chi connectivity index (χ0n) is 12.2. The second-order valence-corrected chi connectivity index (χ2v) is 5.77. The summed E-state index contributed by atoms with van der Waals surface area (Å²) in [5, 5.41) is 13.9. The van der Waals surface area contributed by atoms with Gasteiger partial charge < -0.3 is 10.0 Å². The first kappa shape index (κ1) is 13.9. The molecule has 0 radical (unpaired) electrons. The first-order valence-corrected chi connectivity index (χ1v) is 7.43. The van der Waals surface area contributed by atoms with Crippen LogP contribution in [-0.2, 0) is 4.79 Å². The molecule has 0 aromatic carbocycles. The van der Waals surface area contributed by atoms with Crippen LogP contribution in [0.1, 0.15) is 32.6 Å². The number of aliphatic carboxylic acids is 1. The minimum Gasteiger partial charge on any atom is -0.481 e. The normalized spacial score (nSPS) is 22.6. The van der Waals surface area contributed by atoms with Gasteiger partial charge in [-0.25, -0.2) is 9.50 Å². The van der Waals surface area contributed by atoms with Gasteiger partial charge in [0.2, 0.25) is 0 Å². The maximum atomic E-state index is 11.8. The Morgan fingerprint density at radius 1 is 1.48 bits per heavy atom. The smallest absolute Gasteiger partial charge is 0.311 e. The molecule has 1 unspecified atom stereocenters. The Bertz CT molecular complexity index is 650. The minimum absolute atomic E-state index is 0.522. The summed E-state index contributed by atoms with van der Waals surface area (Å²) < 4.78 is 1.78. The Morgan fingerprint density at radius 3 is 3.10 bits per heavy atom. The van der Waals surface area contributed by atoms with E-state index in [-0.39, 0.29) is 0 Å². The molecule has 1 N–H and O–H groups in total. The molecule has 3 rings (SSSR count). The lowest BCUT2D eigenvalue weighted by Gasteiger charge is -2.40. The standard InChI is InChI=1S/C15H20N4O2/c1-2-5-15(14(20)21)6-3-9-18(11-15)13-12-4-7-17-19(12)10-8-16-13/h4,7-8,10H,2-3,5-6,9,11H2,1H3,(H,20,21). The summed E-state index contributed by atoms with van der Waals surface area (Å²) >= 11 is 0. The number of rotatable bonds is 4. The highest BCUT2D eigenvalue weighted by Crippen LogP contribution is 2.37. The van der Waals surface area contributed by atoms with Crippen molar-refractivity contribution in [3.8, 4) is 0 Å². The molecule has 1 saturated heterocycles. The number of carboxylic acid groups (broad SMARTS) is 1. The van der Waals surface area contributed by atoms with Crippen LogP contribution in [0.2, 0.25) is 0 Å². The molecule has 0 spiro atoms. The summed E-state index contributed by atoms with van der Waals surface area (Å²) in [6, 6.07) is 1.92. The van der Waals surface area contributed by atoms with Gasteiger partial charge in [-0.3, -0.25) is 4.79 Å². The zero-order valence-corrected chi connectivity index (χ0v) is 12.2. The summed E-state index contributed by atoms with van der Waals surface area (Å²) in [4.78, 5) is 18.4. The number of hydrogen-bond acceptors (Lipinski definition) is 4. The van der Waals surface area contributed by atoms with E-state index in [1.807, 2.05) is 13.0 Å². The van der Waals surface area contributed by atoms with Gasteiger partial charge in [0.15, 0.2) is 5.82 Å². The number of carboxylic acids is 1. The van der Waals surface area contributed by atoms with Crippen LogP contribution in [0.3, 0.4) is 0 Å². The Kier molecular flexibility index (Phi) is 3.53. The molecular formula is C15H20N4O2. The Hall–Kier alpha value is -2.11. The van der Waals surface area contributed by atoms with Crippen molar-refractivity contribution in [1.29, 1.82) is 0 Å². The summed E-state index contributed by atoms with van der Waals surface area (Å²) in [5.74, 6) is 0.144. The van der Waals surface area contributed by atoms with Gasteiger partial charge in [0.1, 0.15) is 5.52 Å². The molecule has 0 aliphatic carbocycles. The molecule has 1 fully saturated rings. The predicted octanol–water partition coefficient (Wildman–Crippen LogP) is 2.20. The maximum absolute atomic E-state index is 11.8. The molecule has 2 aromatic rings. The van der Waals surface area contributed by atoms with Crippen molar-refractivity contribution in [2.75, 3.05) is 18.0 Å². The average Bonchev–Trinajstić information content (AvgIpc) is 2.96. The van der Waals surface area contributed by atoms with Crippen LogP contribution in [0.15, 0.2) is 24.7 Å². The molecule has 112 valence electrons. The third-order valence-corrected chi connectivity index (χ3v) is 4.36. The van der Waals surface area contributed by atoms with Crippen molar-refractivity contribution in [1.82, 2.24) is 14.6 Å². The first-order chi connectivity index (χ1) is 10.2. The summed E-state index contributed by atoms with van der Waals surface area (Å²) in [6.45, 7) is 3.41. The van der Waals surface area contributed by atoms with E-state index in [9.17, 15) is 9.90 Å². The molecule has 21 heavy (non-hydrogen) atoms. The van der Waals surface area contributed by atoms with Gasteiger partial charge in [-0.2, -0.15) is 5.10 Å². The molecule has 1 aliphatic rings. The lowest BCUT2D eigenvalue weighted by atomic mass is 9.76. The second-order valence-electron chi connectivity index (χ2n) is 5.77. The van der Waals surface area contributed by atoms with E-state index in [4.69, 9.17) is 0 Å². The second kappa shape index (κ2) is 5.35. The Labute approximate surface area is 123 Å². The van der Waals surface area contributed by atoms with Gasteiger partial charge in [-0.15, -0.1) is 0 Å². The Morgan fingerprint density at radius 2 is 2.33 bits per heavy atom. The summed E-state index contributed by atoms with van der Waals surface area (Å²) in [5.41, 5.74) is 0.275. The fourth-order valence-electron chi connectivity index (χ4n) is 3.36. The molecule has 3 heterocycles. The molecule has 0 saturated carbocycles. The molecule has 2 aromatic heterocycles. The molecule has 1 atom stereocenters. The van der Waals surface area contributed by atoms with Crippen molar-refractivity contribution in [2.45, 2.75) is 32.6 Å². The van der Waals surface area contributed by atoms with Crippen LogP contribution in [0.25, 0.3) is 5.52 Å². The highest BCUT2D eigenvalue weighted by molar-refractivity contribution is 5.77. The van der Waals surface area contributed by atoms with Crippen LogP contribution >= 0.6 is 0 Å².